The fourth-order valence-electron chi connectivity index (χ4n) is 6.24. The molecule has 12 heteroatoms. The first kappa shape index (κ1) is 24.2. The van der Waals surface area contributed by atoms with Gasteiger partial charge in [0.25, 0.3) is 5.56 Å². The molecule has 2 aliphatic heterocycles. The minimum Gasteiger partial charge on any atom is -0.467 e. The smallest absolute Gasteiger partial charge is 0.318 e. The maximum atomic E-state index is 16.8. The molecule has 0 radical (unpaired) electrons. The van der Waals surface area contributed by atoms with Gasteiger partial charge < -0.3 is 25.3 Å². The summed E-state index contributed by atoms with van der Waals surface area (Å²) in [4.78, 5) is 25.2. The molecule has 1 spiro atoms. The van der Waals surface area contributed by atoms with Crippen molar-refractivity contribution in [2.24, 2.45) is 0 Å². The third kappa shape index (κ3) is 3.53. The highest BCUT2D eigenvalue weighted by molar-refractivity contribution is 7.23. The topological polar surface area (TPSA) is 122 Å². The first-order valence-electron chi connectivity index (χ1n) is 13.0. The van der Waals surface area contributed by atoms with Crippen molar-refractivity contribution < 1.29 is 13.5 Å². The quantitative estimate of drug-likeness (QED) is 0.391. The van der Waals surface area contributed by atoms with Crippen LogP contribution in [0.25, 0.3) is 32.2 Å². The predicted molar refractivity (Wildman–Crippen MR) is 145 cm³/mol. The van der Waals surface area contributed by atoms with Gasteiger partial charge in [0.2, 0.25) is 0 Å². The zero-order valence-electron chi connectivity index (χ0n) is 21.2. The number of fused-ring (bicyclic) bond motifs is 2. The summed E-state index contributed by atoms with van der Waals surface area (Å²) in [7, 11) is 1.40. The Balaban J connectivity index is 1.54. The van der Waals surface area contributed by atoms with E-state index in [4.69, 9.17) is 10.5 Å². The summed E-state index contributed by atoms with van der Waals surface area (Å²) >= 11 is 0.929. The summed E-state index contributed by atoms with van der Waals surface area (Å²) in [5, 5.41) is 13.8. The van der Waals surface area contributed by atoms with Gasteiger partial charge in [-0.1, -0.05) is 0 Å². The monoisotopic (exact) mass is 549 g/mol. The molecule has 3 fully saturated rings. The first-order chi connectivity index (χ1) is 18.9. The van der Waals surface area contributed by atoms with Crippen molar-refractivity contribution in [3.8, 4) is 23.3 Å². The number of aromatic nitrogens is 3. The van der Waals surface area contributed by atoms with Crippen molar-refractivity contribution in [2.75, 3.05) is 37.4 Å². The number of thiophene rings is 1. The molecule has 1 aliphatic carbocycles. The molecule has 39 heavy (non-hydrogen) atoms. The fraction of sp³-hybridized carbons (Fsp3) is 0.407. The lowest BCUT2D eigenvalue weighted by Crippen LogP contribution is -2.42. The molecule has 200 valence electrons. The van der Waals surface area contributed by atoms with Crippen molar-refractivity contribution in [3.05, 3.63) is 39.7 Å². The van der Waals surface area contributed by atoms with E-state index in [1.54, 1.807) is 0 Å². The summed E-state index contributed by atoms with van der Waals surface area (Å²) in [5.41, 5.74) is 5.68. The molecule has 1 atom stereocenters. The van der Waals surface area contributed by atoms with E-state index in [0.717, 1.165) is 37.1 Å². The molecule has 3 N–H and O–H groups in total. The molecule has 1 aromatic carbocycles. The number of rotatable bonds is 4. The highest BCUT2D eigenvalue weighted by Crippen LogP contribution is 2.46. The van der Waals surface area contributed by atoms with E-state index in [2.05, 4.69) is 15.3 Å². The Hall–Kier alpha value is -3.82. The summed E-state index contributed by atoms with van der Waals surface area (Å²) in [6.45, 7) is 2.25. The molecule has 2 saturated heterocycles. The zero-order chi connectivity index (χ0) is 27.1. The number of hydrogen-bond donors (Lipinski definition) is 2. The number of pyridine rings is 1. The number of anilines is 2. The van der Waals surface area contributed by atoms with Gasteiger partial charge in [-0.2, -0.15) is 15.2 Å². The Morgan fingerprint density at radius 2 is 2.08 bits per heavy atom. The van der Waals surface area contributed by atoms with Gasteiger partial charge in [0, 0.05) is 35.6 Å². The lowest BCUT2D eigenvalue weighted by atomic mass is 9.97. The minimum absolute atomic E-state index is 0.0312. The Labute approximate surface area is 225 Å². The average molecular weight is 550 g/mol. The van der Waals surface area contributed by atoms with E-state index in [1.165, 1.54) is 23.8 Å². The number of methoxy groups -OCH3 is 1. The molecule has 9 nitrogen and oxygen atoms in total. The third-order valence-electron chi connectivity index (χ3n) is 8.22. The number of ether oxygens (including phenoxy) is 1. The van der Waals surface area contributed by atoms with Crippen molar-refractivity contribution in [2.45, 2.75) is 43.7 Å². The van der Waals surface area contributed by atoms with Crippen LogP contribution in [0.5, 0.6) is 6.01 Å². The summed E-state index contributed by atoms with van der Waals surface area (Å²) in [5.74, 6) is -0.954. The molecule has 1 saturated carbocycles. The van der Waals surface area contributed by atoms with Gasteiger partial charge in [-0.3, -0.25) is 4.79 Å². The van der Waals surface area contributed by atoms with Gasteiger partial charge in [0.15, 0.2) is 5.82 Å². The number of halogens is 2. The number of nitriles is 1. The van der Waals surface area contributed by atoms with Gasteiger partial charge in [-0.25, -0.2) is 8.78 Å². The molecule has 5 heterocycles. The van der Waals surface area contributed by atoms with Crippen molar-refractivity contribution >= 4 is 43.1 Å². The van der Waals surface area contributed by atoms with Crippen LogP contribution in [0.4, 0.5) is 19.6 Å². The Kier molecular flexibility index (Phi) is 5.34. The van der Waals surface area contributed by atoms with E-state index >= 15 is 4.39 Å². The van der Waals surface area contributed by atoms with Crippen LogP contribution in [0.3, 0.4) is 0 Å². The van der Waals surface area contributed by atoms with E-state index in [0.29, 0.717) is 31.7 Å². The number of nitrogen functional groups attached to an aromatic ring is 1. The van der Waals surface area contributed by atoms with Gasteiger partial charge in [0.05, 0.1) is 23.1 Å². The predicted octanol–water partition coefficient (Wildman–Crippen LogP) is 4.08. The average Bonchev–Trinajstić information content (AvgIpc) is 3.36. The molecule has 4 aromatic rings. The number of hydrogen-bond acceptors (Lipinski definition) is 9. The van der Waals surface area contributed by atoms with Crippen LogP contribution in [0, 0.1) is 23.0 Å². The Morgan fingerprint density at radius 1 is 1.26 bits per heavy atom. The van der Waals surface area contributed by atoms with Gasteiger partial charge in [-0.05, 0) is 50.8 Å². The molecule has 3 aromatic heterocycles. The van der Waals surface area contributed by atoms with Gasteiger partial charge in [-0.15, -0.1) is 11.3 Å². The normalized spacial score (nSPS) is 20.9. The largest absolute Gasteiger partial charge is 0.467 e. The number of nitrogens with two attached hydrogens (primary N) is 1. The zero-order valence-corrected chi connectivity index (χ0v) is 22.0. The van der Waals surface area contributed by atoms with Crippen LogP contribution in [-0.4, -0.2) is 46.8 Å². The molecular formula is C27H25F2N7O2S. The highest BCUT2D eigenvalue weighted by atomic mass is 32.1. The Morgan fingerprint density at radius 3 is 2.77 bits per heavy atom. The van der Waals surface area contributed by atoms with Gasteiger partial charge >= 0.3 is 6.01 Å². The van der Waals surface area contributed by atoms with Crippen LogP contribution >= 0.6 is 11.3 Å². The Bertz CT molecular complexity index is 1780. The number of benzene rings is 1. The van der Waals surface area contributed by atoms with E-state index in [1.807, 2.05) is 11.0 Å². The fourth-order valence-corrected chi connectivity index (χ4v) is 7.19. The molecule has 3 aliphatic rings. The van der Waals surface area contributed by atoms with Gasteiger partial charge in [0.1, 0.15) is 33.6 Å². The second kappa shape index (κ2) is 8.59. The second-order valence-electron chi connectivity index (χ2n) is 10.6. The van der Waals surface area contributed by atoms with E-state index in [9.17, 15) is 14.4 Å². The summed E-state index contributed by atoms with van der Waals surface area (Å²) < 4.78 is 38.5. The van der Waals surface area contributed by atoms with Crippen LogP contribution in [-0.2, 0) is 0 Å². The lowest BCUT2D eigenvalue weighted by molar-refractivity contribution is 0.381. The standard InChI is InChI=1S/C27H25F2N7O2S/c1-38-26-33-20-18(24(34-26)35-10-8-27(12-35)7-2-9-32-27)25(37)36(13-3-4-13)21(19(20)29)14-5-6-16(28)22-17(14)15(11-30)23(31)39-22/h5-6,13,32H,2-4,7-10,12,31H2,1H3. The highest BCUT2D eigenvalue weighted by Gasteiger charge is 2.42. The van der Waals surface area contributed by atoms with Crippen LogP contribution < -0.4 is 26.2 Å². The second-order valence-corrected chi connectivity index (χ2v) is 11.6. The lowest BCUT2D eigenvalue weighted by Gasteiger charge is -2.26. The minimum atomic E-state index is -0.743. The molecule has 1 unspecified atom stereocenters. The first-order valence-corrected chi connectivity index (χ1v) is 13.8. The summed E-state index contributed by atoms with van der Waals surface area (Å²) in [6.07, 6.45) is 4.39. The van der Waals surface area contributed by atoms with E-state index < -0.39 is 17.2 Å². The molecule has 7 rings (SSSR count). The number of nitrogens with one attached hydrogen (secondary N) is 1. The maximum absolute atomic E-state index is 16.8. The van der Waals surface area contributed by atoms with Crippen molar-refractivity contribution in [3.63, 3.8) is 0 Å². The van der Waals surface area contributed by atoms with Crippen LogP contribution in [0.1, 0.15) is 43.7 Å². The third-order valence-corrected chi connectivity index (χ3v) is 9.25. The molecule has 0 amide bonds. The van der Waals surface area contributed by atoms with Crippen molar-refractivity contribution in [1.82, 2.24) is 19.9 Å². The SMILES string of the molecule is COc1nc(N2CCC3(CCCN3)C2)c2c(=O)n(C3CC3)c(-c3ccc(F)c4sc(N)c(C#N)c34)c(F)c2n1. The number of nitrogens with zero attached hydrogens (tertiary/aromatic N) is 5. The maximum Gasteiger partial charge on any atom is 0.318 e. The molecular weight excluding hydrogens is 524 g/mol. The van der Waals surface area contributed by atoms with Crippen molar-refractivity contribution in [1.29, 1.82) is 5.26 Å². The van der Waals surface area contributed by atoms with Crippen LogP contribution in [0.2, 0.25) is 0 Å². The van der Waals surface area contributed by atoms with E-state index in [-0.39, 0.29) is 60.4 Å². The summed E-state index contributed by atoms with van der Waals surface area (Å²) in [6, 6.07) is 4.37. The van der Waals surface area contributed by atoms with Crippen LogP contribution in [0.15, 0.2) is 16.9 Å². The molecule has 0 bridgehead atoms.